The van der Waals surface area contributed by atoms with Gasteiger partial charge >= 0.3 is 18.2 Å². The van der Waals surface area contributed by atoms with Gasteiger partial charge < -0.3 is 40.8 Å². The molecule has 46 heavy (non-hydrogen) atoms. The monoisotopic (exact) mass is 653 g/mol. The summed E-state index contributed by atoms with van der Waals surface area (Å²) in [6.45, 7) is 16.7. The summed E-state index contributed by atoms with van der Waals surface area (Å²) in [5.74, 6) is -2.19. The largest absolute Gasteiger partial charge is 0.463 e. The smallest absolute Gasteiger partial charge is 0.408 e. The second kappa shape index (κ2) is 19.0. The second-order valence-corrected chi connectivity index (χ2v) is 13.7. The molecule has 0 aromatic heterocycles. The molecule has 0 aromatic rings. The van der Waals surface area contributed by atoms with E-state index in [1.807, 2.05) is 13.8 Å². The highest BCUT2D eigenvalue weighted by Gasteiger charge is 2.32. The van der Waals surface area contributed by atoms with E-state index in [-0.39, 0.29) is 50.2 Å². The Kier molecular flexibility index (Phi) is 16.6. The van der Waals surface area contributed by atoms with Crippen LogP contribution in [0.4, 0.5) is 9.59 Å². The van der Waals surface area contributed by atoms with Gasteiger partial charge in [-0.05, 0) is 86.5 Å². The van der Waals surface area contributed by atoms with Crippen LogP contribution in [0, 0.1) is 11.8 Å². The van der Waals surface area contributed by atoms with E-state index >= 15 is 0 Å². The number of carbonyl (C=O) groups excluding carboxylic acids is 6. The SMILES string of the molecule is CCOC(=O)/C=C/[C@H](C[C@@H]1CCNC1=O)NC(=O)[C@H](CC(C)C)NC(=O)[C@H](CCCNC(=O)OC(C)(C)C)NC(=O)OC(C)(C)C. The maximum Gasteiger partial charge on any atom is 0.408 e. The highest BCUT2D eigenvalue weighted by Crippen LogP contribution is 2.18. The number of carbonyl (C=O) groups is 6. The molecular formula is C32H55N5O9. The fourth-order valence-corrected chi connectivity index (χ4v) is 4.54. The van der Waals surface area contributed by atoms with E-state index in [0.717, 1.165) is 0 Å². The Hall–Kier alpha value is -3.84. The molecule has 1 saturated heterocycles. The van der Waals surface area contributed by atoms with Gasteiger partial charge in [0.25, 0.3) is 0 Å². The van der Waals surface area contributed by atoms with Crippen molar-refractivity contribution in [2.75, 3.05) is 19.7 Å². The molecule has 1 heterocycles. The Balaban J connectivity index is 3.09. The fraction of sp³-hybridized carbons (Fsp3) is 0.750. The van der Waals surface area contributed by atoms with Gasteiger partial charge in [-0.3, -0.25) is 14.4 Å². The highest BCUT2D eigenvalue weighted by molar-refractivity contribution is 5.91. The lowest BCUT2D eigenvalue weighted by atomic mass is 9.96. The highest BCUT2D eigenvalue weighted by atomic mass is 16.6. The van der Waals surface area contributed by atoms with Crippen LogP contribution in [0.25, 0.3) is 0 Å². The zero-order valence-electron chi connectivity index (χ0n) is 28.9. The molecule has 262 valence electrons. The molecule has 0 spiro atoms. The molecule has 14 heteroatoms. The summed E-state index contributed by atoms with van der Waals surface area (Å²) >= 11 is 0. The number of alkyl carbamates (subject to hydrolysis) is 2. The first kappa shape index (κ1) is 40.2. The molecule has 0 aliphatic carbocycles. The summed E-state index contributed by atoms with van der Waals surface area (Å²) in [6, 6.07) is -2.77. The van der Waals surface area contributed by atoms with Crippen molar-refractivity contribution in [1.29, 1.82) is 0 Å². The van der Waals surface area contributed by atoms with Crippen molar-refractivity contribution < 1.29 is 43.0 Å². The van der Waals surface area contributed by atoms with Crippen molar-refractivity contribution in [2.45, 2.75) is 124 Å². The van der Waals surface area contributed by atoms with Crippen LogP contribution < -0.4 is 26.6 Å². The zero-order chi connectivity index (χ0) is 35.1. The Bertz CT molecular complexity index is 1080. The number of hydrogen-bond donors (Lipinski definition) is 5. The molecule has 1 aliphatic heterocycles. The molecule has 4 atom stereocenters. The van der Waals surface area contributed by atoms with Gasteiger partial charge in [-0.15, -0.1) is 0 Å². The third-order valence-corrected chi connectivity index (χ3v) is 6.47. The van der Waals surface area contributed by atoms with E-state index in [0.29, 0.717) is 19.4 Å². The van der Waals surface area contributed by atoms with Gasteiger partial charge in [-0.1, -0.05) is 19.9 Å². The van der Waals surface area contributed by atoms with Crippen molar-refractivity contribution in [3.05, 3.63) is 12.2 Å². The molecule has 14 nitrogen and oxygen atoms in total. The Labute approximate surface area is 272 Å². The first-order valence-electron chi connectivity index (χ1n) is 16.0. The number of rotatable bonds is 16. The number of ether oxygens (including phenoxy) is 3. The molecule has 0 aromatic carbocycles. The minimum Gasteiger partial charge on any atom is -0.463 e. The van der Waals surface area contributed by atoms with Crippen LogP contribution in [0.5, 0.6) is 0 Å². The van der Waals surface area contributed by atoms with Crippen LogP contribution in [0.2, 0.25) is 0 Å². The minimum atomic E-state index is -1.08. The van der Waals surface area contributed by atoms with E-state index in [1.165, 1.54) is 12.2 Å². The summed E-state index contributed by atoms with van der Waals surface area (Å²) in [5, 5.41) is 13.6. The average Bonchev–Trinajstić information content (AvgIpc) is 3.30. The number of amides is 5. The molecule has 1 rings (SSSR count). The first-order chi connectivity index (χ1) is 21.3. The topological polar surface area (TPSA) is 190 Å². The van der Waals surface area contributed by atoms with Crippen molar-refractivity contribution in [3.63, 3.8) is 0 Å². The molecule has 0 radical (unpaired) electrons. The van der Waals surface area contributed by atoms with Crippen molar-refractivity contribution in [1.82, 2.24) is 26.6 Å². The van der Waals surface area contributed by atoms with E-state index in [4.69, 9.17) is 14.2 Å². The molecule has 0 saturated carbocycles. The summed E-state index contributed by atoms with van der Waals surface area (Å²) in [7, 11) is 0. The van der Waals surface area contributed by atoms with Gasteiger partial charge in [0.15, 0.2) is 0 Å². The van der Waals surface area contributed by atoms with E-state index in [9.17, 15) is 28.8 Å². The molecule has 1 fully saturated rings. The van der Waals surface area contributed by atoms with Crippen LogP contribution in [-0.4, -0.2) is 84.9 Å². The van der Waals surface area contributed by atoms with E-state index in [1.54, 1.807) is 48.5 Å². The van der Waals surface area contributed by atoms with Gasteiger partial charge in [0, 0.05) is 31.1 Å². The number of nitrogens with one attached hydrogen (secondary N) is 5. The van der Waals surface area contributed by atoms with Crippen LogP contribution >= 0.6 is 0 Å². The lowest BCUT2D eigenvalue weighted by molar-refractivity contribution is -0.137. The lowest BCUT2D eigenvalue weighted by Crippen LogP contribution is -2.55. The third kappa shape index (κ3) is 17.6. The van der Waals surface area contributed by atoms with Crippen LogP contribution in [-0.2, 0) is 33.4 Å². The summed E-state index contributed by atoms with van der Waals surface area (Å²) in [5.41, 5.74) is -1.49. The second-order valence-electron chi connectivity index (χ2n) is 13.7. The van der Waals surface area contributed by atoms with Crippen molar-refractivity contribution in [3.8, 4) is 0 Å². The van der Waals surface area contributed by atoms with Crippen LogP contribution in [0.1, 0.15) is 94.4 Å². The predicted octanol–water partition coefficient (Wildman–Crippen LogP) is 2.85. The van der Waals surface area contributed by atoms with E-state index in [2.05, 4.69) is 26.6 Å². The molecule has 0 bridgehead atoms. The molecular weight excluding hydrogens is 598 g/mol. The summed E-state index contributed by atoms with van der Waals surface area (Å²) in [4.78, 5) is 76.0. The van der Waals surface area contributed by atoms with E-state index < -0.39 is 59.3 Å². The fourth-order valence-electron chi connectivity index (χ4n) is 4.54. The van der Waals surface area contributed by atoms with Crippen LogP contribution in [0.3, 0.4) is 0 Å². The van der Waals surface area contributed by atoms with Gasteiger partial charge in [0.2, 0.25) is 17.7 Å². The molecule has 0 unspecified atom stereocenters. The third-order valence-electron chi connectivity index (χ3n) is 6.47. The maximum atomic E-state index is 13.6. The average molecular weight is 654 g/mol. The predicted molar refractivity (Wildman–Crippen MR) is 171 cm³/mol. The maximum absolute atomic E-state index is 13.6. The summed E-state index contributed by atoms with van der Waals surface area (Å²) < 4.78 is 15.5. The first-order valence-corrected chi connectivity index (χ1v) is 16.0. The normalized spacial score (nSPS) is 17.0. The van der Waals surface area contributed by atoms with Crippen molar-refractivity contribution in [2.24, 2.45) is 11.8 Å². The minimum absolute atomic E-state index is 0.000442. The van der Waals surface area contributed by atoms with Crippen molar-refractivity contribution >= 4 is 35.9 Å². The van der Waals surface area contributed by atoms with Gasteiger partial charge in [0.05, 0.1) is 6.61 Å². The molecule has 5 amide bonds. The Morgan fingerprint density at radius 3 is 2.07 bits per heavy atom. The van der Waals surface area contributed by atoms with Gasteiger partial charge in [-0.25, -0.2) is 14.4 Å². The van der Waals surface area contributed by atoms with Gasteiger partial charge in [-0.2, -0.15) is 0 Å². The molecule has 5 N–H and O–H groups in total. The van der Waals surface area contributed by atoms with Gasteiger partial charge in [0.1, 0.15) is 23.3 Å². The zero-order valence-corrected chi connectivity index (χ0v) is 28.9. The number of esters is 1. The Morgan fingerprint density at radius 2 is 1.52 bits per heavy atom. The number of hydrogen-bond acceptors (Lipinski definition) is 9. The lowest BCUT2D eigenvalue weighted by Gasteiger charge is -2.27. The standard InChI is InChI=1S/C32H55N5O9/c1-10-44-25(38)14-13-22(19-21-15-17-33-26(21)39)35-28(41)24(18-20(2)3)36-27(40)23(37-30(43)46-32(7,8)9)12-11-16-34-29(42)45-31(4,5)6/h13-14,20-24H,10-12,15-19H2,1-9H3,(H,33,39)(H,34,42)(H,35,41)(H,36,40)(H,37,43)/b14-13+/t21-,22+,23-,24-/m0/s1. The Morgan fingerprint density at radius 1 is 0.913 bits per heavy atom. The molecule has 1 aliphatic rings. The summed E-state index contributed by atoms with van der Waals surface area (Å²) in [6.07, 6.45) is 2.82. The van der Waals surface area contributed by atoms with Crippen LogP contribution in [0.15, 0.2) is 12.2 Å². The quantitative estimate of drug-likeness (QED) is 0.0722.